The molecular weight excluding hydrogens is 336 g/mol. The zero-order valence-corrected chi connectivity index (χ0v) is 14.8. The maximum absolute atomic E-state index is 5.62. The lowest BCUT2D eigenvalue weighted by Crippen LogP contribution is -1.98. The van der Waals surface area contributed by atoms with Gasteiger partial charge >= 0.3 is 0 Å². The molecule has 0 radical (unpaired) electrons. The van der Waals surface area contributed by atoms with Crippen LogP contribution in [0.3, 0.4) is 0 Å². The molecule has 0 amide bonds. The Balaban J connectivity index is 1.99. The summed E-state index contributed by atoms with van der Waals surface area (Å²) in [7, 11) is 1.62. The summed E-state index contributed by atoms with van der Waals surface area (Å²) in [5.74, 6) is 2.12. The zero-order chi connectivity index (χ0) is 17.6. The molecule has 0 spiro atoms. The normalized spacial score (nSPS) is 11.0. The first-order valence-corrected chi connectivity index (χ1v) is 8.21. The van der Waals surface area contributed by atoms with Crippen LogP contribution >= 0.6 is 12.2 Å². The summed E-state index contributed by atoms with van der Waals surface area (Å²) in [6.45, 7) is 2.53. The minimum atomic E-state index is 0.406. The first kappa shape index (κ1) is 16.9. The SMILES string of the molecule is CCOc1ccccc1C=Nn1c(-c2cccc(OC)c2)n[nH]c1=S. The van der Waals surface area contributed by atoms with Crippen molar-refractivity contribution in [2.24, 2.45) is 5.10 Å². The number of nitrogens with zero attached hydrogens (tertiary/aromatic N) is 3. The van der Waals surface area contributed by atoms with Gasteiger partial charge in [0.05, 0.1) is 19.9 Å². The minimum Gasteiger partial charge on any atom is -0.497 e. The van der Waals surface area contributed by atoms with Crippen LogP contribution in [0.25, 0.3) is 11.4 Å². The lowest BCUT2D eigenvalue weighted by atomic mass is 10.2. The van der Waals surface area contributed by atoms with Crippen molar-refractivity contribution in [2.45, 2.75) is 6.92 Å². The van der Waals surface area contributed by atoms with Gasteiger partial charge in [0.15, 0.2) is 5.82 Å². The number of ether oxygens (including phenoxy) is 2. The standard InChI is InChI=1S/C18H18N4O2S/c1-3-24-16-10-5-4-7-14(16)12-19-22-17(20-21-18(22)25)13-8-6-9-15(11-13)23-2/h4-12H,3H2,1-2H3,(H,21,25). The number of aromatic amines is 1. The molecule has 1 heterocycles. The second-order valence-corrected chi connectivity index (χ2v) is 5.50. The highest BCUT2D eigenvalue weighted by molar-refractivity contribution is 7.71. The predicted octanol–water partition coefficient (Wildman–Crippen LogP) is 3.90. The molecule has 0 saturated carbocycles. The first-order valence-electron chi connectivity index (χ1n) is 7.81. The van der Waals surface area contributed by atoms with E-state index in [1.165, 1.54) is 0 Å². The van der Waals surface area contributed by atoms with Gasteiger partial charge < -0.3 is 9.47 Å². The van der Waals surface area contributed by atoms with Gasteiger partial charge in [0.1, 0.15) is 11.5 Å². The maximum atomic E-state index is 5.62. The van der Waals surface area contributed by atoms with E-state index in [0.29, 0.717) is 17.2 Å². The van der Waals surface area contributed by atoms with Gasteiger partial charge in [-0.1, -0.05) is 24.3 Å². The summed E-state index contributed by atoms with van der Waals surface area (Å²) in [5, 5.41) is 11.5. The number of H-pyrrole nitrogens is 1. The molecular formula is C18H18N4O2S. The van der Waals surface area contributed by atoms with Crippen LogP contribution in [0.15, 0.2) is 53.6 Å². The smallest absolute Gasteiger partial charge is 0.216 e. The highest BCUT2D eigenvalue weighted by Gasteiger charge is 2.09. The quantitative estimate of drug-likeness (QED) is 0.539. The number of aromatic nitrogens is 3. The predicted molar refractivity (Wildman–Crippen MR) is 100 cm³/mol. The number of nitrogens with one attached hydrogen (secondary N) is 1. The Bertz CT molecular complexity index is 946. The van der Waals surface area contributed by atoms with Gasteiger partial charge in [0.25, 0.3) is 0 Å². The lowest BCUT2D eigenvalue weighted by Gasteiger charge is -2.06. The van der Waals surface area contributed by atoms with Gasteiger partial charge in [-0.05, 0) is 43.4 Å². The van der Waals surface area contributed by atoms with Gasteiger partial charge in [-0.2, -0.15) is 14.9 Å². The molecule has 0 aliphatic carbocycles. The lowest BCUT2D eigenvalue weighted by molar-refractivity contribution is 0.340. The number of para-hydroxylation sites is 1. The molecule has 128 valence electrons. The van der Waals surface area contributed by atoms with Crippen molar-refractivity contribution >= 4 is 18.4 Å². The number of hydrogen-bond donors (Lipinski definition) is 1. The van der Waals surface area contributed by atoms with Crippen molar-refractivity contribution in [3.8, 4) is 22.9 Å². The van der Waals surface area contributed by atoms with Crippen LogP contribution in [0.5, 0.6) is 11.5 Å². The Hall–Kier alpha value is -2.93. The van der Waals surface area contributed by atoms with Crippen molar-refractivity contribution in [3.63, 3.8) is 0 Å². The summed E-state index contributed by atoms with van der Waals surface area (Å²) < 4.78 is 12.9. The highest BCUT2D eigenvalue weighted by Crippen LogP contribution is 2.22. The molecule has 7 heteroatoms. The minimum absolute atomic E-state index is 0.406. The third-order valence-corrected chi connectivity index (χ3v) is 3.77. The Morgan fingerprint density at radius 1 is 1.24 bits per heavy atom. The van der Waals surface area contributed by atoms with Gasteiger partial charge in [-0.25, -0.2) is 5.10 Å². The van der Waals surface area contributed by atoms with Crippen molar-refractivity contribution < 1.29 is 9.47 Å². The van der Waals surface area contributed by atoms with Gasteiger partial charge in [0, 0.05) is 11.1 Å². The van der Waals surface area contributed by atoms with Crippen LogP contribution in [-0.4, -0.2) is 34.8 Å². The molecule has 0 aliphatic heterocycles. The molecule has 0 bridgehead atoms. The molecule has 3 rings (SSSR count). The van der Waals surface area contributed by atoms with E-state index in [4.69, 9.17) is 21.7 Å². The van der Waals surface area contributed by atoms with Crippen LogP contribution in [0.2, 0.25) is 0 Å². The topological polar surface area (TPSA) is 64.4 Å². The van der Waals surface area contributed by atoms with E-state index in [9.17, 15) is 0 Å². The summed E-state index contributed by atoms with van der Waals surface area (Å²) in [6, 6.07) is 15.3. The molecule has 25 heavy (non-hydrogen) atoms. The molecule has 0 fully saturated rings. The molecule has 0 saturated heterocycles. The Morgan fingerprint density at radius 3 is 2.88 bits per heavy atom. The molecule has 1 aromatic heterocycles. The van der Waals surface area contributed by atoms with E-state index in [0.717, 1.165) is 22.6 Å². The number of methoxy groups -OCH3 is 1. The van der Waals surface area contributed by atoms with Crippen molar-refractivity contribution in [1.82, 2.24) is 14.9 Å². The fourth-order valence-corrected chi connectivity index (χ4v) is 2.52. The van der Waals surface area contributed by atoms with Crippen LogP contribution in [0.4, 0.5) is 0 Å². The molecule has 0 unspecified atom stereocenters. The largest absolute Gasteiger partial charge is 0.497 e. The molecule has 0 atom stereocenters. The molecule has 2 aromatic carbocycles. The summed E-state index contributed by atoms with van der Waals surface area (Å²) in [5.41, 5.74) is 1.71. The average Bonchev–Trinajstić information content (AvgIpc) is 3.02. The Labute approximate surface area is 150 Å². The van der Waals surface area contributed by atoms with E-state index in [2.05, 4.69) is 15.3 Å². The van der Waals surface area contributed by atoms with Crippen LogP contribution in [0, 0.1) is 4.77 Å². The van der Waals surface area contributed by atoms with Crippen LogP contribution in [0.1, 0.15) is 12.5 Å². The number of rotatable bonds is 6. The van der Waals surface area contributed by atoms with Crippen LogP contribution < -0.4 is 9.47 Å². The zero-order valence-electron chi connectivity index (χ0n) is 14.0. The van der Waals surface area contributed by atoms with E-state index in [1.807, 2.05) is 55.5 Å². The van der Waals surface area contributed by atoms with Gasteiger partial charge in [-0.15, -0.1) is 0 Å². The first-order chi connectivity index (χ1) is 12.2. The maximum Gasteiger partial charge on any atom is 0.216 e. The monoisotopic (exact) mass is 354 g/mol. The summed E-state index contributed by atoms with van der Waals surface area (Å²) in [4.78, 5) is 0. The fraction of sp³-hybridized carbons (Fsp3) is 0.167. The van der Waals surface area contributed by atoms with Crippen molar-refractivity contribution in [3.05, 3.63) is 58.9 Å². The molecule has 1 N–H and O–H groups in total. The van der Waals surface area contributed by atoms with E-state index >= 15 is 0 Å². The highest BCUT2D eigenvalue weighted by atomic mass is 32.1. The molecule has 6 nitrogen and oxygen atoms in total. The third-order valence-electron chi connectivity index (χ3n) is 3.51. The number of benzene rings is 2. The van der Waals surface area contributed by atoms with E-state index < -0.39 is 0 Å². The summed E-state index contributed by atoms with van der Waals surface area (Å²) >= 11 is 5.30. The van der Waals surface area contributed by atoms with Crippen LogP contribution in [-0.2, 0) is 0 Å². The number of hydrogen-bond acceptors (Lipinski definition) is 5. The van der Waals surface area contributed by atoms with E-state index in [1.54, 1.807) is 18.0 Å². The Morgan fingerprint density at radius 2 is 2.08 bits per heavy atom. The Kier molecular flexibility index (Phi) is 5.25. The fourth-order valence-electron chi connectivity index (χ4n) is 2.34. The average molecular weight is 354 g/mol. The summed E-state index contributed by atoms with van der Waals surface area (Å²) in [6.07, 6.45) is 1.71. The molecule has 0 aliphatic rings. The molecule has 3 aromatic rings. The van der Waals surface area contributed by atoms with Crippen molar-refractivity contribution in [1.29, 1.82) is 0 Å². The van der Waals surface area contributed by atoms with E-state index in [-0.39, 0.29) is 0 Å². The third kappa shape index (κ3) is 3.77. The second-order valence-electron chi connectivity index (χ2n) is 5.11. The van der Waals surface area contributed by atoms with Crippen molar-refractivity contribution in [2.75, 3.05) is 13.7 Å². The van der Waals surface area contributed by atoms with Gasteiger partial charge in [-0.3, -0.25) is 0 Å². The van der Waals surface area contributed by atoms with Gasteiger partial charge in [0.2, 0.25) is 4.77 Å². The second kappa shape index (κ2) is 7.76.